The van der Waals surface area contributed by atoms with Crippen molar-refractivity contribution in [1.82, 2.24) is 14.5 Å². The number of pyridine rings is 1. The van der Waals surface area contributed by atoms with Gasteiger partial charge in [-0.25, -0.2) is 9.97 Å². The minimum Gasteiger partial charge on any atom is -0.493 e. The van der Waals surface area contributed by atoms with Gasteiger partial charge in [0.25, 0.3) is 0 Å². The molecule has 0 saturated carbocycles. The van der Waals surface area contributed by atoms with E-state index < -0.39 is 0 Å². The molecule has 0 aliphatic carbocycles. The van der Waals surface area contributed by atoms with Crippen LogP contribution in [0.5, 0.6) is 5.75 Å². The van der Waals surface area contributed by atoms with Crippen molar-refractivity contribution >= 4 is 0 Å². The highest BCUT2D eigenvalue weighted by molar-refractivity contribution is 5.43. The Labute approximate surface area is 101 Å². The minimum absolute atomic E-state index is 0.738. The number of ether oxygens (including phenoxy) is 1. The number of rotatable bonds is 4. The molecule has 17 heavy (non-hydrogen) atoms. The van der Waals surface area contributed by atoms with E-state index in [4.69, 9.17) is 4.74 Å². The van der Waals surface area contributed by atoms with Crippen LogP contribution in [0, 0.1) is 6.92 Å². The molecule has 0 fully saturated rings. The second-order valence-electron chi connectivity index (χ2n) is 3.78. The molecular weight excluding hydrogens is 214 g/mol. The van der Waals surface area contributed by atoms with Gasteiger partial charge in [0, 0.05) is 12.4 Å². The van der Waals surface area contributed by atoms with Crippen LogP contribution in [0.25, 0.3) is 5.82 Å². The van der Waals surface area contributed by atoms with Crippen molar-refractivity contribution in [2.45, 2.75) is 13.3 Å². The molecule has 0 atom stereocenters. The number of imidazole rings is 1. The SMILES string of the molecule is C=CCc1cnc(-n2cnc(C)c2)c(OC)c1. The average molecular weight is 229 g/mol. The van der Waals surface area contributed by atoms with Crippen molar-refractivity contribution in [3.63, 3.8) is 0 Å². The lowest BCUT2D eigenvalue weighted by Crippen LogP contribution is -2.00. The molecule has 4 heteroatoms. The Morgan fingerprint density at radius 2 is 2.29 bits per heavy atom. The van der Waals surface area contributed by atoms with Crippen LogP contribution in [0.15, 0.2) is 37.4 Å². The molecule has 0 aromatic carbocycles. The van der Waals surface area contributed by atoms with Crippen LogP contribution in [0.4, 0.5) is 0 Å². The van der Waals surface area contributed by atoms with Crippen molar-refractivity contribution in [2.24, 2.45) is 0 Å². The van der Waals surface area contributed by atoms with E-state index in [-0.39, 0.29) is 0 Å². The lowest BCUT2D eigenvalue weighted by atomic mass is 10.2. The molecule has 88 valence electrons. The molecule has 2 aromatic heterocycles. The maximum absolute atomic E-state index is 5.35. The van der Waals surface area contributed by atoms with Gasteiger partial charge in [-0.2, -0.15) is 0 Å². The first-order valence-corrected chi connectivity index (χ1v) is 5.39. The number of hydrogen-bond donors (Lipinski definition) is 0. The standard InChI is InChI=1S/C13H15N3O/c1-4-5-11-6-12(17-3)13(14-7-11)16-8-10(2)15-9-16/h4,6-9H,1,5H2,2-3H3. The number of aromatic nitrogens is 3. The van der Waals surface area contributed by atoms with E-state index in [9.17, 15) is 0 Å². The predicted octanol–water partition coefficient (Wildman–Crippen LogP) is 2.31. The molecule has 0 radical (unpaired) electrons. The fraction of sp³-hybridized carbons (Fsp3) is 0.231. The molecule has 0 saturated heterocycles. The lowest BCUT2D eigenvalue weighted by molar-refractivity contribution is 0.410. The quantitative estimate of drug-likeness (QED) is 0.755. The predicted molar refractivity (Wildman–Crippen MR) is 66.5 cm³/mol. The summed E-state index contributed by atoms with van der Waals surface area (Å²) >= 11 is 0. The molecule has 2 heterocycles. The van der Waals surface area contributed by atoms with Crippen LogP contribution in [0.1, 0.15) is 11.3 Å². The molecule has 0 spiro atoms. The maximum atomic E-state index is 5.35. The summed E-state index contributed by atoms with van der Waals surface area (Å²) < 4.78 is 7.20. The van der Waals surface area contributed by atoms with E-state index in [0.29, 0.717) is 0 Å². The third kappa shape index (κ3) is 2.36. The Bertz CT molecular complexity index is 531. The second-order valence-corrected chi connectivity index (χ2v) is 3.78. The van der Waals surface area contributed by atoms with Crippen molar-refractivity contribution < 1.29 is 4.74 Å². The molecule has 0 N–H and O–H groups in total. The van der Waals surface area contributed by atoms with Gasteiger partial charge in [0.15, 0.2) is 11.6 Å². The number of methoxy groups -OCH3 is 1. The van der Waals surface area contributed by atoms with Crippen molar-refractivity contribution in [3.8, 4) is 11.6 Å². The van der Waals surface area contributed by atoms with Gasteiger partial charge in [0.1, 0.15) is 6.33 Å². The van der Waals surface area contributed by atoms with E-state index in [1.54, 1.807) is 13.4 Å². The molecule has 4 nitrogen and oxygen atoms in total. The fourth-order valence-corrected chi connectivity index (χ4v) is 1.64. The smallest absolute Gasteiger partial charge is 0.180 e. The average Bonchev–Trinajstić information content (AvgIpc) is 2.76. The van der Waals surface area contributed by atoms with Gasteiger partial charge in [-0.15, -0.1) is 6.58 Å². The molecule has 2 aromatic rings. The zero-order valence-corrected chi connectivity index (χ0v) is 10.1. The van der Waals surface area contributed by atoms with Gasteiger partial charge in [0.05, 0.1) is 12.8 Å². The van der Waals surface area contributed by atoms with Crippen LogP contribution in [-0.4, -0.2) is 21.6 Å². The highest BCUT2D eigenvalue weighted by Gasteiger charge is 2.08. The molecular formula is C13H15N3O. The summed E-state index contributed by atoms with van der Waals surface area (Å²) in [5.74, 6) is 1.49. The monoisotopic (exact) mass is 229 g/mol. The topological polar surface area (TPSA) is 39.9 Å². The summed E-state index contributed by atoms with van der Waals surface area (Å²) in [5.41, 5.74) is 2.03. The zero-order chi connectivity index (χ0) is 12.3. The molecule has 2 rings (SSSR count). The highest BCUT2D eigenvalue weighted by Crippen LogP contribution is 2.22. The third-order valence-electron chi connectivity index (χ3n) is 2.45. The van der Waals surface area contributed by atoms with Gasteiger partial charge in [-0.1, -0.05) is 6.08 Å². The molecule has 0 bridgehead atoms. The largest absolute Gasteiger partial charge is 0.493 e. The summed E-state index contributed by atoms with van der Waals surface area (Å²) in [4.78, 5) is 8.58. The fourth-order valence-electron chi connectivity index (χ4n) is 1.64. The molecule has 0 unspecified atom stereocenters. The van der Waals surface area contributed by atoms with Crippen LogP contribution in [0.2, 0.25) is 0 Å². The van der Waals surface area contributed by atoms with Gasteiger partial charge >= 0.3 is 0 Å². The lowest BCUT2D eigenvalue weighted by Gasteiger charge is -2.09. The Kier molecular flexibility index (Phi) is 3.23. The second kappa shape index (κ2) is 4.82. The summed E-state index contributed by atoms with van der Waals surface area (Å²) in [7, 11) is 1.64. The Morgan fingerprint density at radius 3 is 2.88 bits per heavy atom. The summed E-state index contributed by atoms with van der Waals surface area (Å²) in [6.07, 6.45) is 8.10. The highest BCUT2D eigenvalue weighted by atomic mass is 16.5. The van der Waals surface area contributed by atoms with Crippen LogP contribution in [-0.2, 0) is 6.42 Å². The number of hydrogen-bond acceptors (Lipinski definition) is 3. The van der Waals surface area contributed by atoms with E-state index >= 15 is 0 Å². The normalized spacial score (nSPS) is 10.2. The third-order valence-corrected chi connectivity index (χ3v) is 2.45. The summed E-state index contributed by atoms with van der Waals surface area (Å²) in [5, 5.41) is 0. The van der Waals surface area contributed by atoms with E-state index in [1.165, 1.54) is 0 Å². The maximum Gasteiger partial charge on any atom is 0.180 e. The van der Waals surface area contributed by atoms with E-state index in [0.717, 1.165) is 29.2 Å². The first kappa shape index (κ1) is 11.4. The Hall–Kier alpha value is -2.10. The van der Waals surface area contributed by atoms with E-state index in [2.05, 4.69) is 16.5 Å². The van der Waals surface area contributed by atoms with Crippen LogP contribution in [0.3, 0.4) is 0 Å². The first-order valence-electron chi connectivity index (χ1n) is 5.39. The zero-order valence-electron chi connectivity index (χ0n) is 10.1. The Morgan fingerprint density at radius 1 is 1.47 bits per heavy atom. The first-order chi connectivity index (χ1) is 8.24. The minimum atomic E-state index is 0.738. The molecule has 0 amide bonds. The number of allylic oxidation sites excluding steroid dienone is 1. The summed E-state index contributed by atoms with van der Waals surface area (Å²) in [6.45, 7) is 5.65. The van der Waals surface area contributed by atoms with E-state index in [1.807, 2.05) is 36.0 Å². The van der Waals surface area contributed by atoms with Gasteiger partial charge < -0.3 is 4.74 Å². The molecule has 0 aliphatic rings. The Balaban J connectivity index is 2.43. The van der Waals surface area contributed by atoms with Gasteiger partial charge in [-0.3, -0.25) is 4.57 Å². The van der Waals surface area contributed by atoms with Crippen LogP contribution < -0.4 is 4.74 Å². The number of aryl methyl sites for hydroxylation is 1. The van der Waals surface area contributed by atoms with Crippen molar-refractivity contribution in [2.75, 3.05) is 7.11 Å². The van der Waals surface area contributed by atoms with Crippen LogP contribution >= 0.6 is 0 Å². The van der Waals surface area contributed by atoms with Crippen molar-refractivity contribution in [3.05, 3.63) is 48.7 Å². The summed E-state index contributed by atoms with van der Waals surface area (Å²) in [6, 6.07) is 1.97. The van der Waals surface area contributed by atoms with Gasteiger partial charge in [0.2, 0.25) is 0 Å². The van der Waals surface area contributed by atoms with Gasteiger partial charge in [-0.05, 0) is 25.0 Å². The van der Waals surface area contributed by atoms with Crippen molar-refractivity contribution in [1.29, 1.82) is 0 Å². The molecule has 0 aliphatic heterocycles. The number of nitrogens with zero attached hydrogens (tertiary/aromatic N) is 3.